The molecule has 2 aliphatic rings. The number of alkyl halides is 9. The number of methoxy groups -OCH3 is 1. The lowest BCUT2D eigenvalue weighted by Crippen LogP contribution is -2.30. The van der Waals surface area contributed by atoms with E-state index in [1.165, 1.54) is 25.3 Å². The number of carboxylic acid groups (broad SMARTS) is 1. The number of benzene rings is 4. The van der Waals surface area contributed by atoms with Crippen LogP contribution in [0, 0.1) is 6.92 Å². The van der Waals surface area contributed by atoms with Crippen LogP contribution in [0.5, 0.6) is 5.75 Å². The Morgan fingerprint density at radius 1 is 0.769 bits per heavy atom. The lowest BCUT2D eigenvalue weighted by atomic mass is 9.89. The van der Waals surface area contributed by atoms with Gasteiger partial charge in [-0.05, 0) is 108 Å². The Balaban J connectivity index is 1.49. The molecule has 4 aromatic carbocycles. The van der Waals surface area contributed by atoms with Crippen LogP contribution in [0.4, 0.5) is 39.5 Å². The van der Waals surface area contributed by atoms with Gasteiger partial charge in [0, 0.05) is 5.56 Å². The Labute approximate surface area is 292 Å². The molecule has 2 heterocycles. The lowest BCUT2D eigenvalue weighted by Gasteiger charge is -2.40. The van der Waals surface area contributed by atoms with Crippen LogP contribution >= 0.6 is 11.0 Å². The fourth-order valence-electron chi connectivity index (χ4n) is 7.01. The highest BCUT2D eigenvalue weighted by molar-refractivity contribution is 8.20. The molecule has 2 aliphatic heterocycles. The van der Waals surface area contributed by atoms with Crippen LogP contribution in [0.15, 0.2) is 72.8 Å². The Bertz CT molecular complexity index is 2020. The van der Waals surface area contributed by atoms with Crippen molar-refractivity contribution in [2.45, 2.75) is 56.4 Å². The zero-order valence-corrected chi connectivity index (χ0v) is 27.8. The number of hydrogen-bond acceptors (Lipinski definition) is 6. The first-order valence-electron chi connectivity index (χ1n) is 15.5. The molecule has 2 saturated heterocycles. The van der Waals surface area contributed by atoms with Gasteiger partial charge in [0.05, 0.1) is 47.5 Å². The molecule has 7 nitrogen and oxygen atoms in total. The maximum atomic E-state index is 14.2. The average molecular weight is 761 g/mol. The molecule has 0 saturated carbocycles. The van der Waals surface area contributed by atoms with Crippen LogP contribution in [0.25, 0.3) is 22.3 Å². The SMILES string of the molecule is COc1ccc(-c2ccc(C(=O)O)cc2C)cc1-c1ccc(C(F)(F)F)cc1[C@@H]1CC[C@H]2[C@@H](c3cc(C(F)(F)F)cc(C(F)(F)F)c3)NS(O)(O)N12. The molecule has 0 bridgehead atoms. The number of carbonyl (C=O) groups is 1. The maximum absolute atomic E-state index is 14.2. The number of aryl methyl sites for hydroxylation is 1. The van der Waals surface area contributed by atoms with Gasteiger partial charge < -0.3 is 9.84 Å². The first kappa shape index (κ1) is 37.5. The molecule has 3 atom stereocenters. The van der Waals surface area contributed by atoms with Gasteiger partial charge in [-0.2, -0.15) is 48.5 Å². The molecule has 0 amide bonds. The largest absolute Gasteiger partial charge is 0.496 e. The summed E-state index contributed by atoms with van der Waals surface area (Å²) < 4.78 is 156. The summed E-state index contributed by atoms with van der Waals surface area (Å²) >= 11 is 0. The minimum absolute atomic E-state index is 0.0343. The molecule has 2 fully saturated rings. The van der Waals surface area contributed by atoms with Gasteiger partial charge in [0.2, 0.25) is 0 Å². The molecular formula is C35H29F9N2O5S. The summed E-state index contributed by atoms with van der Waals surface area (Å²) in [5, 5.41) is 9.39. The molecule has 0 spiro atoms. The summed E-state index contributed by atoms with van der Waals surface area (Å²) in [5.41, 5.74) is -2.67. The van der Waals surface area contributed by atoms with Crippen molar-refractivity contribution in [3.8, 4) is 28.0 Å². The van der Waals surface area contributed by atoms with Crippen molar-refractivity contribution in [3.05, 3.63) is 112 Å². The van der Waals surface area contributed by atoms with Crippen molar-refractivity contribution in [1.82, 2.24) is 9.03 Å². The van der Waals surface area contributed by atoms with E-state index in [9.17, 15) is 58.5 Å². The van der Waals surface area contributed by atoms with E-state index in [1.807, 2.05) is 0 Å². The van der Waals surface area contributed by atoms with Crippen molar-refractivity contribution in [1.29, 1.82) is 0 Å². The smallest absolute Gasteiger partial charge is 0.416 e. The minimum atomic E-state index is -5.17. The molecule has 0 aromatic heterocycles. The van der Waals surface area contributed by atoms with Crippen LogP contribution in [-0.4, -0.2) is 37.6 Å². The topological polar surface area (TPSA) is 102 Å². The van der Waals surface area contributed by atoms with Crippen molar-refractivity contribution in [2.24, 2.45) is 0 Å². The number of aromatic carboxylic acids is 1. The Morgan fingerprint density at radius 2 is 1.38 bits per heavy atom. The van der Waals surface area contributed by atoms with Crippen molar-refractivity contribution in [2.75, 3.05) is 7.11 Å². The lowest BCUT2D eigenvalue weighted by molar-refractivity contribution is -0.143. The molecule has 0 aliphatic carbocycles. The molecule has 6 rings (SSSR count). The number of rotatable bonds is 6. The van der Waals surface area contributed by atoms with Crippen molar-refractivity contribution < 1.29 is 63.3 Å². The number of carboxylic acids is 1. The van der Waals surface area contributed by atoms with Gasteiger partial charge in [-0.25, -0.2) is 4.79 Å². The minimum Gasteiger partial charge on any atom is -0.496 e. The second kappa shape index (κ2) is 13.0. The fourth-order valence-corrected chi connectivity index (χ4v) is 8.95. The monoisotopic (exact) mass is 760 g/mol. The van der Waals surface area contributed by atoms with Gasteiger partial charge >= 0.3 is 24.5 Å². The van der Waals surface area contributed by atoms with E-state index in [1.54, 1.807) is 31.2 Å². The number of nitrogens with zero attached hydrogens (tertiary/aromatic N) is 1. The first-order valence-corrected chi connectivity index (χ1v) is 17.0. The van der Waals surface area contributed by atoms with Crippen LogP contribution in [0.2, 0.25) is 0 Å². The van der Waals surface area contributed by atoms with Crippen molar-refractivity contribution in [3.63, 3.8) is 0 Å². The molecule has 0 unspecified atom stereocenters. The van der Waals surface area contributed by atoms with E-state index in [2.05, 4.69) is 4.72 Å². The third-order valence-corrected chi connectivity index (χ3v) is 11.0. The molecule has 52 heavy (non-hydrogen) atoms. The summed E-state index contributed by atoms with van der Waals surface area (Å²) in [6.45, 7) is 1.68. The van der Waals surface area contributed by atoms with Crippen LogP contribution in [-0.2, 0) is 18.5 Å². The highest BCUT2D eigenvalue weighted by Crippen LogP contribution is 2.62. The van der Waals surface area contributed by atoms with E-state index >= 15 is 0 Å². The third kappa shape index (κ3) is 6.94. The number of nitrogens with one attached hydrogen (secondary N) is 1. The van der Waals surface area contributed by atoms with Gasteiger partial charge in [-0.3, -0.25) is 9.11 Å². The highest BCUT2D eigenvalue weighted by atomic mass is 32.3. The molecular weight excluding hydrogens is 731 g/mol. The number of hydrogen-bond donors (Lipinski definition) is 4. The van der Waals surface area contributed by atoms with Crippen molar-refractivity contribution >= 4 is 16.9 Å². The normalized spacial score (nSPS) is 21.2. The van der Waals surface area contributed by atoms with Gasteiger partial charge in [-0.15, -0.1) is 0 Å². The van der Waals surface area contributed by atoms with E-state index < -0.39 is 75.8 Å². The van der Waals surface area contributed by atoms with Gasteiger partial charge in [0.25, 0.3) is 0 Å². The summed E-state index contributed by atoms with van der Waals surface area (Å²) in [7, 11) is -2.86. The fraction of sp³-hybridized carbons (Fsp3) is 0.286. The van der Waals surface area contributed by atoms with Gasteiger partial charge in [0.1, 0.15) is 5.75 Å². The number of halogens is 9. The summed E-state index contributed by atoms with van der Waals surface area (Å²) in [6, 6.07) is 9.19. The molecule has 0 radical (unpaired) electrons. The summed E-state index contributed by atoms with van der Waals surface area (Å²) in [6.07, 6.45) is -15.3. The molecule has 4 aromatic rings. The predicted octanol–water partition coefficient (Wildman–Crippen LogP) is 10.5. The van der Waals surface area contributed by atoms with E-state index in [0.717, 1.165) is 16.4 Å². The maximum Gasteiger partial charge on any atom is 0.416 e. The first-order chi connectivity index (χ1) is 24.1. The second-order valence-corrected chi connectivity index (χ2v) is 14.2. The molecule has 17 heteroatoms. The third-order valence-electron chi connectivity index (χ3n) is 9.31. The van der Waals surface area contributed by atoms with E-state index in [-0.39, 0.29) is 46.9 Å². The number of fused-ring (bicyclic) bond motifs is 1. The van der Waals surface area contributed by atoms with Crippen LogP contribution in [0.1, 0.15) is 68.7 Å². The molecule has 4 N–H and O–H groups in total. The zero-order chi connectivity index (χ0) is 38.1. The van der Waals surface area contributed by atoms with Crippen LogP contribution in [0.3, 0.4) is 0 Å². The highest BCUT2D eigenvalue weighted by Gasteiger charge is 2.54. The van der Waals surface area contributed by atoms with Gasteiger partial charge in [0.15, 0.2) is 0 Å². The number of ether oxygens (including phenoxy) is 1. The average Bonchev–Trinajstić information content (AvgIpc) is 3.62. The second-order valence-electron chi connectivity index (χ2n) is 12.5. The van der Waals surface area contributed by atoms with Gasteiger partial charge in [-0.1, -0.05) is 29.2 Å². The Hall–Kier alpha value is -4.29. The van der Waals surface area contributed by atoms with Crippen LogP contribution < -0.4 is 9.46 Å². The predicted molar refractivity (Wildman–Crippen MR) is 173 cm³/mol. The Kier molecular flexibility index (Phi) is 9.35. The molecule has 278 valence electrons. The quantitative estimate of drug-likeness (QED) is 0.145. The Morgan fingerprint density at radius 3 is 1.94 bits per heavy atom. The van der Waals surface area contributed by atoms with E-state index in [0.29, 0.717) is 28.8 Å². The standard InChI is InChI=1S/C35H29F9N2O5S/c1-17-11-19(32(47)48)3-6-24(17)18-4-10-30(51-2)27(14-18)25-7-5-21(33(36,37)38)16-26(25)28-8-9-29-31(45-52(49,50)46(28)29)20-12-22(34(39,40)41)15-23(13-20)35(42,43)44/h3-7,10-16,28-29,31,45,49-50H,8-9H2,1-2H3,(H,47,48)/t28-,29-,31+/m0/s1. The zero-order valence-electron chi connectivity index (χ0n) is 27.0. The summed E-state index contributed by atoms with van der Waals surface area (Å²) in [5.74, 6) is -0.931. The van der Waals surface area contributed by atoms with E-state index in [4.69, 9.17) is 4.74 Å². The summed E-state index contributed by atoms with van der Waals surface area (Å²) in [4.78, 5) is 11.5.